The molecule has 1 amide bonds. The minimum atomic E-state index is -0.371. The van der Waals surface area contributed by atoms with Crippen LogP contribution in [-0.4, -0.2) is 21.4 Å². The van der Waals surface area contributed by atoms with Crippen LogP contribution in [0.25, 0.3) is 10.8 Å². The van der Waals surface area contributed by atoms with Crippen LogP contribution in [0.2, 0.25) is 0 Å². The highest BCUT2D eigenvalue weighted by Crippen LogP contribution is 2.36. The lowest BCUT2D eigenvalue weighted by atomic mass is 10.0. The Labute approximate surface area is 153 Å². The maximum atomic E-state index is 13.7. The standard InChI is InChI=1S/C19H16FN3O2S/c1-23-19(25)13-5-3-2-4-12(13)17(22-23)18(24)21-15-8-9-26-16-7-6-11(20)10-14(15)16/h2-7,10,15H,8-9H2,1H3,(H,21,24). The zero-order valence-corrected chi connectivity index (χ0v) is 14.8. The van der Waals surface area contributed by atoms with Gasteiger partial charge in [-0.05, 0) is 36.2 Å². The maximum Gasteiger partial charge on any atom is 0.274 e. The van der Waals surface area contributed by atoms with Gasteiger partial charge in [-0.1, -0.05) is 18.2 Å². The van der Waals surface area contributed by atoms with Crippen molar-refractivity contribution in [2.75, 3.05) is 5.75 Å². The van der Waals surface area contributed by atoms with E-state index in [0.717, 1.165) is 16.2 Å². The number of aryl methyl sites for hydroxylation is 1. The first kappa shape index (κ1) is 16.8. The van der Waals surface area contributed by atoms with Gasteiger partial charge in [0.15, 0.2) is 5.69 Å². The van der Waals surface area contributed by atoms with Crippen molar-refractivity contribution in [1.82, 2.24) is 15.1 Å². The number of rotatable bonds is 2. The minimum absolute atomic E-state index is 0.193. The van der Waals surface area contributed by atoms with Gasteiger partial charge in [0.1, 0.15) is 5.82 Å². The molecule has 0 fully saturated rings. The average Bonchev–Trinajstić information content (AvgIpc) is 2.65. The molecular weight excluding hydrogens is 353 g/mol. The number of benzene rings is 2. The fourth-order valence-electron chi connectivity index (χ4n) is 3.21. The van der Waals surface area contributed by atoms with Crippen molar-refractivity contribution >= 4 is 28.4 Å². The van der Waals surface area contributed by atoms with E-state index in [9.17, 15) is 14.0 Å². The minimum Gasteiger partial charge on any atom is -0.344 e. The van der Waals surface area contributed by atoms with E-state index < -0.39 is 0 Å². The lowest BCUT2D eigenvalue weighted by Crippen LogP contribution is -2.33. The molecule has 2 aromatic carbocycles. The Morgan fingerprint density at radius 3 is 2.85 bits per heavy atom. The first-order valence-corrected chi connectivity index (χ1v) is 9.22. The molecule has 7 heteroatoms. The van der Waals surface area contributed by atoms with E-state index in [2.05, 4.69) is 10.4 Å². The Kier molecular flexibility index (Phi) is 4.24. The summed E-state index contributed by atoms with van der Waals surface area (Å²) in [6, 6.07) is 11.3. The van der Waals surface area contributed by atoms with Gasteiger partial charge in [-0.15, -0.1) is 11.8 Å². The lowest BCUT2D eigenvalue weighted by molar-refractivity contribution is 0.0929. The number of hydrogen-bond donors (Lipinski definition) is 1. The second-order valence-corrected chi connectivity index (χ2v) is 7.31. The molecule has 1 aliphatic rings. The zero-order valence-electron chi connectivity index (χ0n) is 14.0. The van der Waals surface area contributed by atoms with Crippen LogP contribution in [0.3, 0.4) is 0 Å². The Bertz CT molecular complexity index is 1080. The zero-order chi connectivity index (χ0) is 18.3. The fraction of sp³-hybridized carbons (Fsp3) is 0.211. The summed E-state index contributed by atoms with van der Waals surface area (Å²) in [4.78, 5) is 26.1. The van der Waals surface area contributed by atoms with Crippen LogP contribution in [0.15, 0.2) is 52.2 Å². The van der Waals surface area contributed by atoms with E-state index in [-0.39, 0.29) is 29.0 Å². The normalized spacial score (nSPS) is 16.3. The van der Waals surface area contributed by atoms with Crippen molar-refractivity contribution in [2.24, 2.45) is 7.05 Å². The Morgan fingerprint density at radius 2 is 2.04 bits per heavy atom. The summed E-state index contributed by atoms with van der Waals surface area (Å²) in [6.45, 7) is 0. The molecule has 1 N–H and O–H groups in total. The summed E-state index contributed by atoms with van der Waals surface area (Å²) in [6.07, 6.45) is 0.705. The highest BCUT2D eigenvalue weighted by Gasteiger charge is 2.25. The third-order valence-corrected chi connectivity index (χ3v) is 5.61. The predicted molar refractivity (Wildman–Crippen MR) is 98.9 cm³/mol. The number of fused-ring (bicyclic) bond motifs is 2. The van der Waals surface area contributed by atoms with Crippen LogP contribution in [0.5, 0.6) is 0 Å². The summed E-state index contributed by atoms with van der Waals surface area (Å²) in [5.74, 6) is 0.144. The topological polar surface area (TPSA) is 64.0 Å². The van der Waals surface area contributed by atoms with Crippen LogP contribution in [0, 0.1) is 5.82 Å². The van der Waals surface area contributed by atoms with E-state index in [1.807, 2.05) is 0 Å². The third kappa shape index (κ3) is 2.88. The van der Waals surface area contributed by atoms with Crippen LogP contribution in [0.4, 0.5) is 4.39 Å². The van der Waals surface area contributed by atoms with Gasteiger partial charge in [-0.25, -0.2) is 9.07 Å². The summed E-state index contributed by atoms with van der Waals surface area (Å²) in [7, 11) is 1.52. The van der Waals surface area contributed by atoms with Gasteiger partial charge in [0.05, 0.1) is 11.4 Å². The molecule has 0 saturated heterocycles. The Balaban J connectivity index is 1.73. The SMILES string of the molecule is Cn1nc(C(=O)NC2CCSc3ccc(F)cc32)c2ccccc2c1=O. The van der Waals surface area contributed by atoms with Gasteiger partial charge in [-0.2, -0.15) is 5.10 Å². The van der Waals surface area contributed by atoms with Gasteiger partial charge < -0.3 is 5.32 Å². The molecule has 1 aliphatic heterocycles. The monoisotopic (exact) mass is 369 g/mol. The number of hydrogen-bond acceptors (Lipinski definition) is 4. The van der Waals surface area contributed by atoms with Crippen molar-refractivity contribution in [3.05, 3.63) is 69.9 Å². The molecule has 0 aliphatic carbocycles. The van der Waals surface area contributed by atoms with Crippen molar-refractivity contribution in [1.29, 1.82) is 0 Å². The van der Waals surface area contributed by atoms with Crippen LogP contribution >= 0.6 is 11.8 Å². The average molecular weight is 369 g/mol. The third-order valence-electron chi connectivity index (χ3n) is 4.49. The number of carbonyl (C=O) groups is 1. The molecular formula is C19H16FN3O2S. The number of amides is 1. The molecule has 1 aromatic heterocycles. The number of carbonyl (C=O) groups excluding carboxylic acids is 1. The molecule has 0 spiro atoms. The van der Waals surface area contributed by atoms with E-state index >= 15 is 0 Å². The van der Waals surface area contributed by atoms with Crippen LogP contribution in [0.1, 0.15) is 28.5 Å². The van der Waals surface area contributed by atoms with E-state index in [0.29, 0.717) is 17.2 Å². The van der Waals surface area contributed by atoms with E-state index in [4.69, 9.17) is 0 Å². The summed E-state index contributed by atoms with van der Waals surface area (Å²) in [5.41, 5.74) is 0.723. The van der Waals surface area contributed by atoms with Gasteiger partial charge in [0, 0.05) is 23.1 Å². The molecule has 26 heavy (non-hydrogen) atoms. The van der Waals surface area contributed by atoms with Gasteiger partial charge in [-0.3, -0.25) is 9.59 Å². The lowest BCUT2D eigenvalue weighted by Gasteiger charge is -2.26. The van der Waals surface area contributed by atoms with Crippen molar-refractivity contribution in [3.63, 3.8) is 0 Å². The molecule has 1 unspecified atom stereocenters. The molecule has 1 atom stereocenters. The van der Waals surface area contributed by atoms with Gasteiger partial charge in [0.25, 0.3) is 11.5 Å². The maximum absolute atomic E-state index is 13.7. The number of aromatic nitrogens is 2. The Morgan fingerprint density at radius 1 is 1.27 bits per heavy atom. The van der Waals surface area contributed by atoms with Gasteiger partial charge >= 0.3 is 0 Å². The molecule has 0 bridgehead atoms. The van der Waals surface area contributed by atoms with Crippen LogP contribution in [-0.2, 0) is 7.05 Å². The Hall–Kier alpha value is -2.67. The number of halogens is 1. The van der Waals surface area contributed by atoms with Crippen molar-refractivity contribution in [2.45, 2.75) is 17.4 Å². The first-order valence-electron chi connectivity index (χ1n) is 8.24. The predicted octanol–water partition coefficient (Wildman–Crippen LogP) is 3.04. The van der Waals surface area contributed by atoms with E-state index in [1.165, 1.54) is 23.9 Å². The summed E-state index contributed by atoms with van der Waals surface area (Å²) >= 11 is 1.65. The highest BCUT2D eigenvalue weighted by atomic mass is 32.2. The molecule has 132 valence electrons. The second-order valence-electron chi connectivity index (χ2n) is 6.17. The largest absolute Gasteiger partial charge is 0.344 e. The van der Waals surface area contributed by atoms with E-state index in [1.54, 1.807) is 42.1 Å². The molecule has 0 saturated carbocycles. The van der Waals surface area contributed by atoms with Crippen molar-refractivity contribution < 1.29 is 9.18 Å². The highest BCUT2D eigenvalue weighted by molar-refractivity contribution is 7.99. The molecule has 4 rings (SSSR count). The first-order chi connectivity index (χ1) is 12.5. The van der Waals surface area contributed by atoms with Gasteiger partial charge in [0.2, 0.25) is 0 Å². The quantitative estimate of drug-likeness (QED) is 0.754. The number of nitrogens with zero attached hydrogens (tertiary/aromatic N) is 2. The molecule has 0 radical (unpaired) electrons. The van der Waals surface area contributed by atoms with Crippen molar-refractivity contribution in [3.8, 4) is 0 Å². The second kappa shape index (κ2) is 6.57. The molecule has 5 nitrogen and oxygen atoms in total. The molecule has 3 aromatic rings. The van der Waals surface area contributed by atoms with Crippen LogP contribution < -0.4 is 10.9 Å². The smallest absolute Gasteiger partial charge is 0.274 e. The summed E-state index contributed by atoms with van der Waals surface area (Å²) < 4.78 is 14.8. The summed E-state index contributed by atoms with van der Waals surface area (Å²) in [5, 5.41) is 8.07. The number of thioether (sulfide) groups is 1. The molecule has 2 heterocycles. The fourth-order valence-corrected chi connectivity index (χ4v) is 4.31. The number of nitrogens with one attached hydrogen (secondary N) is 1.